The maximum absolute atomic E-state index is 13.2. The molecule has 0 amide bonds. The fourth-order valence-corrected chi connectivity index (χ4v) is 2.69. The smallest absolute Gasteiger partial charge is 0.191 e. The first kappa shape index (κ1) is 25.7. The summed E-state index contributed by atoms with van der Waals surface area (Å²) in [4.78, 5) is 4.61. The van der Waals surface area contributed by atoms with Gasteiger partial charge in [-0.15, -0.1) is 24.0 Å². The lowest BCUT2D eigenvalue weighted by atomic mass is 10.1. The predicted molar refractivity (Wildman–Crippen MR) is 130 cm³/mol. The van der Waals surface area contributed by atoms with Crippen molar-refractivity contribution in [3.05, 3.63) is 41.3 Å². The number of aryl methyl sites for hydroxylation is 1. The molecule has 0 bridgehead atoms. The molecular formula is C21H31FIN7. The molecule has 0 spiro atoms. The molecule has 7 nitrogen and oxygen atoms in total. The fourth-order valence-electron chi connectivity index (χ4n) is 2.69. The van der Waals surface area contributed by atoms with E-state index in [1.807, 2.05) is 6.92 Å². The number of aliphatic imine (C=N–C) groups is 1. The number of guanidine groups is 1. The topological polar surface area (TPSA) is 104 Å². The first-order valence-corrected chi connectivity index (χ1v) is 9.95. The van der Waals surface area contributed by atoms with Crippen LogP contribution in [0.25, 0.3) is 5.69 Å². The van der Waals surface area contributed by atoms with Gasteiger partial charge in [0.25, 0.3) is 0 Å². The van der Waals surface area contributed by atoms with Gasteiger partial charge in [-0.25, -0.2) is 9.07 Å². The van der Waals surface area contributed by atoms with Gasteiger partial charge >= 0.3 is 0 Å². The van der Waals surface area contributed by atoms with Crippen LogP contribution in [-0.2, 0) is 6.42 Å². The summed E-state index contributed by atoms with van der Waals surface area (Å²) in [5, 5.41) is 20.6. The van der Waals surface area contributed by atoms with Crippen LogP contribution in [0.2, 0.25) is 0 Å². The second kappa shape index (κ2) is 12.4. The minimum atomic E-state index is -0.338. The number of nitrogens with zero attached hydrogens (tertiary/aromatic N) is 4. The van der Waals surface area contributed by atoms with Crippen LogP contribution < -0.4 is 16.4 Å². The third-order valence-electron chi connectivity index (χ3n) is 4.73. The van der Waals surface area contributed by atoms with Crippen LogP contribution in [0.1, 0.15) is 45.4 Å². The maximum Gasteiger partial charge on any atom is 0.191 e. The zero-order valence-electron chi connectivity index (χ0n) is 17.9. The van der Waals surface area contributed by atoms with Crippen molar-refractivity contribution in [1.29, 1.82) is 5.26 Å². The Kier molecular flexibility index (Phi) is 10.6. The second-order valence-corrected chi connectivity index (χ2v) is 7.25. The molecule has 1 unspecified atom stereocenters. The van der Waals surface area contributed by atoms with Crippen LogP contribution in [-0.4, -0.2) is 34.9 Å². The molecule has 1 heterocycles. The molecule has 164 valence electrons. The highest BCUT2D eigenvalue weighted by Gasteiger charge is 2.16. The Balaban J connectivity index is 0.00000450. The molecule has 30 heavy (non-hydrogen) atoms. The van der Waals surface area contributed by atoms with Gasteiger partial charge in [0.1, 0.15) is 23.3 Å². The Morgan fingerprint density at radius 1 is 1.30 bits per heavy atom. The first-order valence-electron chi connectivity index (χ1n) is 9.95. The molecule has 0 aliphatic heterocycles. The average Bonchev–Trinajstić information content (AvgIpc) is 3.01. The molecule has 0 saturated carbocycles. The quantitative estimate of drug-likeness (QED) is 0.211. The van der Waals surface area contributed by atoms with Crippen molar-refractivity contribution in [3.8, 4) is 11.8 Å². The summed E-state index contributed by atoms with van der Waals surface area (Å²) in [5.41, 5.74) is 7.69. The van der Waals surface area contributed by atoms with E-state index in [-0.39, 0.29) is 35.6 Å². The monoisotopic (exact) mass is 527 g/mol. The SMILES string of the molecule is CCNC(=NCCCc1nn(-c2ccc(F)cc2)c(N)c1C#N)NC(C)C(C)C.I. The second-order valence-electron chi connectivity index (χ2n) is 7.25. The van der Waals surface area contributed by atoms with E-state index in [1.165, 1.54) is 16.8 Å². The Morgan fingerprint density at radius 2 is 1.97 bits per heavy atom. The normalized spacial score (nSPS) is 12.2. The standard InChI is InChI=1S/C21H30FN7.HI/c1-5-25-21(27-15(4)14(2)3)26-12-6-7-19-18(13-23)20(24)29(28-19)17-10-8-16(22)9-11-17;/h8-11,14-15H,5-7,12,24H2,1-4H3,(H2,25,26,27);1H. The number of hydrogen-bond donors (Lipinski definition) is 3. The molecule has 1 aromatic heterocycles. The highest BCUT2D eigenvalue weighted by molar-refractivity contribution is 14.0. The summed E-state index contributed by atoms with van der Waals surface area (Å²) in [6, 6.07) is 8.28. The molecule has 1 aromatic carbocycles. The predicted octanol–water partition coefficient (Wildman–Crippen LogP) is 3.62. The first-order chi connectivity index (χ1) is 13.9. The van der Waals surface area contributed by atoms with Crippen molar-refractivity contribution < 1.29 is 4.39 Å². The number of benzene rings is 1. The maximum atomic E-state index is 13.2. The van der Waals surface area contributed by atoms with E-state index in [4.69, 9.17) is 5.73 Å². The highest BCUT2D eigenvalue weighted by Crippen LogP contribution is 2.21. The van der Waals surface area contributed by atoms with E-state index in [9.17, 15) is 9.65 Å². The zero-order valence-corrected chi connectivity index (χ0v) is 20.3. The van der Waals surface area contributed by atoms with Gasteiger partial charge in [0, 0.05) is 19.1 Å². The number of aromatic nitrogens is 2. The molecule has 9 heteroatoms. The van der Waals surface area contributed by atoms with Crippen LogP contribution in [0.5, 0.6) is 0 Å². The van der Waals surface area contributed by atoms with Gasteiger partial charge in [0.05, 0.1) is 11.4 Å². The summed E-state index contributed by atoms with van der Waals surface area (Å²) in [5.74, 6) is 1.20. The fraction of sp³-hybridized carbons (Fsp3) is 0.476. The lowest BCUT2D eigenvalue weighted by Gasteiger charge is -2.20. The molecule has 0 saturated heterocycles. The lowest BCUT2D eigenvalue weighted by Crippen LogP contribution is -2.44. The van der Waals surface area contributed by atoms with Gasteiger partial charge < -0.3 is 16.4 Å². The van der Waals surface area contributed by atoms with Crippen molar-refractivity contribution in [2.24, 2.45) is 10.9 Å². The number of nitrogens with two attached hydrogens (primary N) is 1. The Bertz CT molecular complexity index is 869. The Morgan fingerprint density at radius 3 is 2.53 bits per heavy atom. The van der Waals surface area contributed by atoms with Crippen LogP contribution >= 0.6 is 24.0 Å². The summed E-state index contributed by atoms with van der Waals surface area (Å²) < 4.78 is 14.6. The van der Waals surface area contributed by atoms with Gasteiger partial charge in [0.2, 0.25) is 0 Å². The number of hydrogen-bond acceptors (Lipinski definition) is 4. The van der Waals surface area contributed by atoms with Crippen LogP contribution in [0.15, 0.2) is 29.3 Å². The molecule has 2 rings (SSSR count). The van der Waals surface area contributed by atoms with Crippen LogP contribution in [0.4, 0.5) is 10.2 Å². The summed E-state index contributed by atoms with van der Waals surface area (Å²) in [7, 11) is 0. The molecule has 0 aliphatic carbocycles. The number of nitrogens with one attached hydrogen (secondary N) is 2. The lowest BCUT2D eigenvalue weighted by molar-refractivity contribution is 0.481. The van der Waals surface area contributed by atoms with E-state index in [0.717, 1.165) is 18.9 Å². The minimum absolute atomic E-state index is 0. The average molecular weight is 527 g/mol. The van der Waals surface area contributed by atoms with Crippen molar-refractivity contribution in [3.63, 3.8) is 0 Å². The van der Waals surface area contributed by atoms with Crippen molar-refractivity contribution in [1.82, 2.24) is 20.4 Å². The largest absolute Gasteiger partial charge is 0.382 e. The van der Waals surface area contributed by atoms with Gasteiger partial charge in [-0.2, -0.15) is 10.4 Å². The summed E-state index contributed by atoms with van der Waals surface area (Å²) in [6.45, 7) is 9.85. The van der Waals surface area contributed by atoms with Crippen molar-refractivity contribution in [2.45, 2.75) is 46.6 Å². The summed E-state index contributed by atoms with van der Waals surface area (Å²) in [6.07, 6.45) is 1.30. The van der Waals surface area contributed by atoms with E-state index in [1.54, 1.807) is 12.1 Å². The van der Waals surface area contributed by atoms with E-state index in [0.29, 0.717) is 41.9 Å². The minimum Gasteiger partial charge on any atom is -0.382 e. The molecule has 2 aromatic rings. The van der Waals surface area contributed by atoms with Gasteiger partial charge in [0.15, 0.2) is 5.96 Å². The Labute approximate surface area is 195 Å². The molecule has 4 N–H and O–H groups in total. The van der Waals surface area contributed by atoms with E-state index < -0.39 is 0 Å². The molecule has 1 atom stereocenters. The molecular weight excluding hydrogens is 496 g/mol. The van der Waals surface area contributed by atoms with Crippen LogP contribution in [0.3, 0.4) is 0 Å². The molecule has 0 aliphatic rings. The van der Waals surface area contributed by atoms with E-state index in [2.05, 4.69) is 47.6 Å². The van der Waals surface area contributed by atoms with Crippen LogP contribution in [0, 0.1) is 23.1 Å². The number of anilines is 1. The molecule has 0 fully saturated rings. The molecule has 0 radical (unpaired) electrons. The number of rotatable bonds is 8. The van der Waals surface area contributed by atoms with Gasteiger partial charge in [-0.3, -0.25) is 4.99 Å². The van der Waals surface area contributed by atoms with Crippen molar-refractivity contribution >= 4 is 35.8 Å². The third-order valence-corrected chi connectivity index (χ3v) is 4.73. The van der Waals surface area contributed by atoms with Gasteiger partial charge in [-0.05, 0) is 56.9 Å². The number of nitriles is 1. The van der Waals surface area contributed by atoms with Gasteiger partial charge in [-0.1, -0.05) is 13.8 Å². The highest BCUT2D eigenvalue weighted by atomic mass is 127. The third kappa shape index (κ3) is 6.86. The number of halogens is 2. The zero-order chi connectivity index (χ0) is 21.4. The summed E-state index contributed by atoms with van der Waals surface area (Å²) >= 11 is 0. The number of nitrogen functional groups attached to an aromatic ring is 1. The Hall–Kier alpha value is -2.35. The van der Waals surface area contributed by atoms with E-state index >= 15 is 0 Å². The van der Waals surface area contributed by atoms with Crippen molar-refractivity contribution in [2.75, 3.05) is 18.8 Å².